The Bertz CT molecular complexity index is 519. The lowest BCUT2D eigenvalue weighted by Crippen LogP contribution is -2.36. The predicted molar refractivity (Wildman–Crippen MR) is 62.6 cm³/mol. The first-order valence-corrected chi connectivity index (χ1v) is 7.01. The van der Waals surface area contributed by atoms with E-state index in [4.69, 9.17) is 10.2 Å². The van der Waals surface area contributed by atoms with Gasteiger partial charge in [0.1, 0.15) is 0 Å². The van der Waals surface area contributed by atoms with Gasteiger partial charge in [-0.3, -0.25) is 0 Å². The van der Waals surface area contributed by atoms with E-state index in [0.29, 0.717) is 4.88 Å². The van der Waals surface area contributed by atoms with E-state index in [1.54, 1.807) is 13.8 Å². The molecule has 0 radical (unpaired) electrons. The molecule has 1 heterocycles. The number of hydrogen-bond acceptors (Lipinski definition) is 5. The molecule has 3 N–H and O–H groups in total. The van der Waals surface area contributed by atoms with Crippen molar-refractivity contribution in [1.29, 1.82) is 0 Å². The molecular weight excluding hydrogens is 266 g/mol. The predicted octanol–water partition coefficient (Wildman–Crippen LogP) is 0.0887. The molecule has 0 unspecified atom stereocenters. The minimum Gasteiger partial charge on any atom is -0.479 e. The molecule has 1 aromatic rings. The second-order valence-corrected chi connectivity index (χ2v) is 6.68. The minimum atomic E-state index is -3.76. The molecule has 1 atom stereocenters. The Morgan fingerprint density at radius 3 is 2.53 bits per heavy atom. The van der Waals surface area contributed by atoms with Crippen LogP contribution >= 0.6 is 11.3 Å². The van der Waals surface area contributed by atoms with Crippen LogP contribution in [0.3, 0.4) is 0 Å². The number of thiophene rings is 1. The van der Waals surface area contributed by atoms with Gasteiger partial charge in [0, 0.05) is 16.3 Å². The molecule has 1 rings (SSSR count). The summed E-state index contributed by atoms with van der Waals surface area (Å²) in [7, 11) is -3.76. The highest BCUT2D eigenvalue weighted by molar-refractivity contribution is 7.89. The normalized spacial score (nSPS) is 13.6. The zero-order chi connectivity index (χ0) is 13.2. The summed E-state index contributed by atoms with van der Waals surface area (Å²) < 4.78 is 25.6. The van der Waals surface area contributed by atoms with Gasteiger partial charge in [-0.15, -0.1) is 11.3 Å². The monoisotopic (exact) mass is 279 g/mol. The van der Waals surface area contributed by atoms with Gasteiger partial charge in [0.15, 0.2) is 6.10 Å². The van der Waals surface area contributed by atoms with Crippen LogP contribution in [0.15, 0.2) is 11.0 Å². The molecule has 0 aliphatic rings. The standard InChI is InChI=1S/C9H13NO5S2/c1-5-3-8(6(2)16-5)17(14,15)10-4-7(11)9(12)13/h3,7,10-11H,4H2,1-2H3,(H,12,13)/t7-/m0/s1. The Morgan fingerprint density at radius 2 is 2.12 bits per heavy atom. The molecule has 96 valence electrons. The summed E-state index contributed by atoms with van der Waals surface area (Å²) in [6.07, 6.45) is -1.75. The molecule has 0 aliphatic carbocycles. The lowest BCUT2D eigenvalue weighted by atomic mass is 10.4. The van der Waals surface area contributed by atoms with Crippen LogP contribution in [0.5, 0.6) is 0 Å². The molecule has 0 fully saturated rings. The third-order valence-corrected chi connectivity index (χ3v) is 4.68. The van der Waals surface area contributed by atoms with Crippen molar-refractivity contribution in [1.82, 2.24) is 4.72 Å². The van der Waals surface area contributed by atoms with Crippen molar-refractivity contribution in [3.05, 3.63) is 15.8 Å². The van der Waals surface area contributed by atoms with Crippen molar-refractivity contribution >= 4 is 27.3 Å². The second-order valence-electron chi connectivity index (χ2n) is 3.48. The highest BCUT2D eigenvalue weighted by Gasteiger charge is 2.22. The fraction of sp³-hybridized carbons (Fsp3) is 0.444. The highest BCUT2D eigenvalue weighted by atomic mass is 32.2. The Labute approximate surface area is 103 Å². The van der Waals surface area contributed by atoms with Crippen LogP contribution in [0, 0.1) is 13.8 Å². The summed E-state index contributed by atoms with van der Waals surface area (Å²) in [5.41, 5.74) is 0. The summed E-state index contributed by atoms with van der Waals surface area (Å²) in [5, 5.41) is 17.4. The van der Waals surface area contributed by atoms with E-state index in [-0.39, 0.29) is 4.90 Å². The van der Waals surface area contributed by atoms with E-state index in [2.05, 4.69) is 4.72 Å². The van der Waals surface area contributed by atoms with Gasteiger partial charge < -0.3 is 10.2 Å². The highest BCUT2D eigenvalue weighted by Crippen LogP contribution is 2.24. The Balaban J connectivity index is 2.83. The van der Waals surface area contributed by atoms with E-state index in [1.165, 1.54) is 17.4 Å². The zero-order valence-electron chi connectivity index (χ0n) is 9.30. The number of nitrogens with one attached hydrogen (secondary N) is 1. The van der Waals surface area contributed by atoms with Crippen LogP contribution in [-0.2, 0) is 14.8 Å². The minimum absolute atomic E-state index is 0.123. The first kappa shape index (κ1) is 14.1. The zero-order valence-corrected chi connectivity index (χ0v) is 10.9. The number of sulfonamides is 1. The summed E-state index contributed by atoms with van der Waals surface area (Å²) in [5.74, 6) is -1.47. The molecule has 0 aliphatic heterocycles. The average molecular weight is 279 g/mol. The molecule has 0 aromatic carbocycles. The van der Waals surface area contributed by atoms with Crippen molar-refractivity contribution < 1.29 is 23.4 Å². The number of aliphatic hydroxyl groups is 1. The molecule has 0 saturated carbocycles. The second kappa shape index (κ2) is 5.13. The van der Waals surface area contributed by atoms with Gasteiger partial charge in [-0.2, -0.15) is 0 Å². The van der Waals surface area contributed by atoms with Crippen LogP contribution in [0.2, 0.25) is 0 Å². The van der Waals surface area contributed by atoms with Crippen molar-refractivity contribution in [3.63, 3.8) is 0 Å². The van der Waals surface area contributed by atoms with Crippen LogP contribution < -0.4 is 4.72 Å². The van der Waals surface area contributed by atoms with Crippen LogP contribution in [-0.4, -0.2) is 37.2 Å². The van der Waals surface area contributed by atoms with Crippen molar-refractivity contribution in [2.45, 2.75) is 24.8 Å². The van der Waals surface area contributed by atoms with Gasteiger partial charge in [-0.25, -0.2) is 17.9 Å². The fourth-order valence-corrected chi connectivity index (χ4v) is 3.82. The van der Waals surface area contributed by atoms with Crippen LogP contribution in [0.25, 0.3) is 0 Å². The van der Waals surface area contributed by atoms with Crippen LogP contribution in [0.1, 0.15) is 9.75 Å². The topological polar surface area (TPSA) is 104 Å². The fourth-order valence-electron chi connectivity index (χ4n) is 1.23. The lowest BCUT2D eigenvalue weighted by Gasteiger charge is -2.08. The summed E-state index contributed by atoms with van der Waals surface area (Å²) in [6.45, 7) is 2.90. The number of aryl methyl sites for hydroxylation is 2. The largest absolute Gasteiger partial charge is 0.479 e. The smallest absolute Gasteiger partial charge is 0.333 e. The van der Waals surface area contributed by atoms with E-state index in [9.17, 15) is 13.2 Å². The van der Waals surface area contributed by atoms with Gasteiger partial charge in [0.05, 0.1) is 4.90 Å². The van der Waals surface area contributed by atoms with Crippen molar-refractivity contribution in [3.8, 4) is 0 Å². The Hall–Kier alpha value is -0.960. The van der Waals surface area contributed by atoms with E-state index >= 15 is 0 Å². The molecular formula is C9H13NO5S2. The quantitative estimate of drug-likeness (QED) is 0.708. The maximum absolute atomic E-state index is 11.8. The first-order valence-electron chi connectivity index (χ1n) is 4.71. The average Bonchev–Trinajstić information content (AvgIpc) is 2.55. The molecule has 1 aromatic heterocycles. The number of carboxylic acid groups (broad SMARTS) is 1. The van der Waals surface area contributed by atoms with Gasteiger partial charge in [0.2, 0.25) is 10.0 Å². The number of aliphatic hydroxyl groups excluding tert-OH is 1. The maximum atomic E-state index is 11.8. The van der Waals surface area contributed by atoms with Crippen molar-refractivity contribution in [2.24, 2.45) is 0 Å². The number of rotatable bonds is 5. The molecule has 6 nitrogen and oxygen atoms in total. The summed E-state index contributed by atoms with van der Waals surface area (Å²) >= 11 is 1.34. The summed E-state index contributed by atoms with van der Waals surface area (Å²) in [6, 6.07) is 1.51. The van der Waals surface area contributed by atoms with Gasteiger partial charge in [0.25, 0.3) is 0 Å². The van der Waals surface area contributed by atoms with Crippen LogP contribution in [0.4, 0.5) is 0 Å². The maximum Gasteiger partial charge on any atom is 0.333 e. The van der Waals surface area contributed by atoms with E-state index in [0.717, 1.165) is 4.88 Å². The Morgan fingerprint density at radius 1 is 1.53 bits per heavy atom. The van der Waals surface area contributed by atoms with Crippen molar-refractivity contribution in [2.75, 3.05) is 6.54 Å². The molecule has 17 heavy (non-hydrogen) atoms. The molecule has 0 spiro atoms. The summed E-state index contributed by atoms with van der Waals surface area (Å²) in [4.78, 5) is 11.9. The number of carboxylic acids is 1. The number of aliphatic carboxylic acids is 1. The molecule has 0 bridgehead atoms. The Kier molecular flexibility index (Phi) is 4.26. The van der Waals surface area contributed by atoms with E-state index < -0.39 is 28.6 Å². The molecule has 8 heteroatoms. The third kappa shape index (κ3) is 3.50. The molecule has 0 saturated heterocycles. The number of carbonyl (C=O) groups is 1. The third-order valence-electron chi connectivity index (χ3n) is 2.04. The molecule has 0 amide bonds. The van der Waals surface area contributed by atoms with Gasteiger partial charge in [-0.05, 0) is 19.9 Å². The van der Waals surface area contributed by atoms with Gasteiger partial charge >= 0.3 is 5.97 Å². The van der Waals surface area contributed by atoms with Gasteiger partial charge in [-0.1, -0.05) is 0 Å². The SMILES string of the molecule is Cc1cc(S(=O)(=O)NC[C@H](O)C(=O)O)c(C)s1. The lowest BCUT2D eigenvalue weighted by molar-refractivity contribution is -0.146. The first-order chi connectivity index (χ1) is 7.74. The number of hydrogen-bond donors (Lipinski definition) is 3. The van der Waals surface area contributed by atoms with E-state index in [1.807, 2.05) is 0 Å².